The number of rotatable bonds is 9. The maximum atomic E-state index is 5.98. The summed E-state index contributed by atoms with van der Waals surface area (Å²) >= 11 is 10.6. The lowest BCUT2D eigenvalue weighted by Crippen LogP contribution is -2.06. The van der Waals surface area contributed by atoms with E-state index in [9.17, 15) is 0 Å². The van der Waals surface area contributed by atoms with Crippen LogP contribution in [0.1, 0.15) is 16.7 Å². The van der Waals surface area contributed by atoms with Crippen molar-refractivity contribution in [3.05, 3.63) is 84.7 Å². The summed E-state index contributed by atoms with van der Waals surface area (Å²) in [6.07, 6.45) is 1.76. The van der Waals surface area contributed by atoms with Crippen molar-refractivity contribution in [3.63, 3.8) is 0 Å². The third-order valence-electron chi connectivity index (χ3n) is 4.35. The Bertz CT molecular complexity index is 1030. The molecule has 0 heterocycles. The number of methoxy groups -OCH3 is 2. The van der Waals surface area contributed by atoms with Crippen LogP contribution >= 0.6 is 47.8 Å². The van der Waals surface area contributed by atoms with E-state index in [2.05, 4.69) is 58.3 Å². The fraction of sp³-hybridized carbons (Fsp3) is 0.174. The molecule has 5 nitrogen and oxygen atoms in total. The van der Waals surface area contributed by atoms with Crippen LogP contribution in [0.3, 0.4) is 0 Å². The molecule has 1 N–H and O–H groups in total. The maximum Gasteiger partial charge on any atom is 0.161 e. The van der Waals surface area contributed by atoms with Crippen molar-refractivity contribution >= 4 is 54.0 Å². The molecule has 0 saturated carbocycles. The molecule has 3 aromatic carbocycles. The normalized spacial score (nSPS) is 10.9. The minimum Gasteiger partial charge on any atom is -0.493 e. The van der Waals surface area contributed by atoms with E-state index in [1.807, 2.05) is 54.6 Å². The Kier molecular flexibility index (Phi) is 8.80. The molecule has 0 atom stereocenters. The summed E-state index contributed by atoms with van der Waals surface area (Å²) in [5.74, 6) is 2.14. The van der Waals surface area contributed by atoms with Crippen LogP contribution in [0.5, 0.6) is 17.2 Å². The molecule has 0 aliphatic heterocycles. The lowest BCUT2D eigenvalue weighted by atomic mass is 10.2. The Hall–Kier alpha value is -2.03. The zero-order chi connectivity index (χ0) is 22.2. The second kappa shape index (κ2) is 11.5. The fourth-order valence-electron chi connectivity index (χ4n) is 2.78. The van der Waals surface area contributed by atoms with E-state index in [1.54, 1.807) is 20.4 Å². The standard InChI is InChI=1S/C23H21Br3N2O3/c1-29-21-8-5-16(11-22(21)30-2)12-27-28-13-17-9-19(25)23(20(26)10-17)31-14-15-3-6-18(24)7-4-15/h3-11,13,27H,12,14H2,1-2H3/b28-13-. The second-order valence-corrected chi connectivity index (χ2v) is 9.14. The summed E-state index contributed by atoms with van der Waals surface area (Å²) in [5.41, 5.74) is 6.10. The van der Waals surface area contributed by atoms with Gasteiger partial charge in [0.2, 0.25) is 0 Å². The molecule has 8 heteroatoms. The fourth-order valence-corrected chi connectivity index (χ4v) is 4.49. The Morgan fingerprint density at radius 1 is 0.839 bits per heavy atom. The number of nitrogens with zero attached hydrogens (tertiary/aromatic N) is 1. The largest absolute Gasteiger partial charge is 0.493 e. The van der Waals surface area contributed by atoms with Crippen LogP contribution in [-0.2, 0) is 13.2 Å². The number of halogens is 3. The highest BCUT2D eigenvalue weighted by Gasteiger charge is 2.09. The first-order valence-corrected chi connectivity index (χ1v) is 11.7. The molecule has 0 spiro atoms. The smallest absolute Gasteiger partial charge is 0.161 e. The SMILES string of the molecule is COc1ccc(CN/N=C\c2cc(Br)c(OCc3ccc(Br)cc3)c(Br)c2)cc1OC. The Labute approximate surface area is 207 Å². The highest BCUT2D eigenvalue weighted by Crippen LogP contribution is 2.35. The summed E-state index contributed by atoms with van der Waals surface area (Å²) in [7, 11) is 3.24. The lowest BCUT2D eigenvalue weighted by Gasteiger charge is -2.11. The predicted molar refractivity (Wildman–Crippen MR) is 134 cm³/mol. The molecule has 0 amide bonds. The molecule has 0 radical (unpaired) electrons. The van der Waals surface area contributed by atoms with Gasteiger partial charge in [-0.2, -0.15) is 5.10 Å². The quantitative estimate of drug-likeness (QED) is 0.216. The summed E-state index contributed by atoms with van der Waals surface area (Å²) in [4.78, 5) is 0. The van der Waals surface area contributed by atoms with Crippen LogP contribution in [0.2, 0.25) is 0 Å². The topological polar surface area (TPSA) is 52.1 Å². The van der Waals surface area contributed by atoms with Gasteiger partial charge < -0.3 is 19.6 Å². The zero-order valence-corrected chi connectivity index (χ0v) is 21.8. The lowest BCUT2D eigenvalue weighted by molar-refractivity contribution is 0.302. The first-order valence-electron chi connectivity index (χ1n) is 9.33. The van der Waals surface area contributed by atoms with Crippen molar-refractivity contribution < 1.29 is 14.2 Å². The Morgan fingerprint density at radius 2 is 1.48 bits per heavy atom. The minimum absolute atomic E-state index is 0.477. The van der Waals surface area contributed by atoms with Crippen molar-refractivity contribution in [2.75, 3.05) is 14.2 Å². The van der Waals surface area contributed by atoms with E-state index < -0.39 is 0 Å². The Balaban J connectivity index is 1.59. The van der Waals surface area contributed by atoms with E-state index in [1.165, 1.54) is 0 Å². The van der Waals surface area contributed by atoms with Crippen LogP contribution in [0.15, 0.2) is 73.1 Å². The van der Waals surface area contributed by atoms with Gasteiger partial charge in [-0.1, -0.05) is 34.1 Å². The molecule has 0 aliphatic rings. The third kappa shape index (κ3) is 6.72. The molecule has 0 unspecified atom stereocenters. The van der Waals surface area contributed by atoms with Crippen molar-refractivity contribution in [1.82, 2.24) is 5.43 Å². The van der Waals surface area contributed by atoms with Crippen LogP contribution in [0.25, 0.3) is 0 Å². The number of ether oxygens (including phenoxy) is 3. The molecule has 3 rings (SSSR count). The van der Waals surface area contributed by atoms with Crippen molar-refractivity contribution in [2.24, 2.45) is 5.10 Å². The van der Waals surface area contributed by atoms with Gasteiger partial charge in [0.15, 0.2) is 11.5 Å². The molecule has 0 fully saturated rings. The van der Waals surface area contributed by atoms with E-state index in [4.69, 9.17) is 14.2 Å². The van der Waals surface area contributed by atoms with Crippen molar-refractivity contribution in [3.8, 4) is 17.2 Å². The molecular weight excluding hydrogens is 592 g/mol. The molecule has 0 saturated heterocycles. The van der Waals surface area contributed by atoms with Crippen LogP contribution < -0.4 is 19.6 Å². The van der Waals surface area contributed by atoms with E-state index in [0.717, 1.165) is 35.9 Å². The number of nitrogens with one attached hydrogen (secondary N) is 1. The molecular formula is C23H21Br3N2O3. The number of hydrogen-bond donors (Lipinski definition) is 1. The van der Waals surface area contributed by atoms with Gasteiger partial charge in [0.05, 0.1) is 35.9 Å². The summed E-state index contributed by atoms with van der Waals surface area (Å²) in [6, 6.07) is 17.7. The van der Waals surface area contributed by atoms with Gasteiger partial charge in [-0.05, 0) is 84.9 Å². The third-order valence-corrected chi connectivity index (χ3v) is 6.06. The van der Waals surface area contributed by atoms with Gasteiger partial charge in [-0.25, -0.2) is 0 Å². The average molecular weight is 613 g/mol. The molecule has 0 aromatic heterocycles. The molecule has 0 bridgehead atoms. The van der Waals surface area contributed by atoms with Crippen molar-refractivity contribution in [1.29, 1.82) is 0 Å². The van der Waals surface area contributed by atoms with Gasteiger partial charge in [-0.3, -0.25) is 0 Å². The predicted octanol–water partition coefficient (Wildman–Crippen LogP) is 6.69. The molecule has 0 aliphatic carbocycles. The zero-order valence-electron chi connectivity index (χ0n) is 17.0. The average Bonchev–Trinajstić information content (AvgIpc) is 2.77. The Morgan fingerprint density at radius 3 is 2.13 bits per heavy atom. The van der Waals surface area contributed by atoms with E-state index in [-0.39, 0.29) is 0 Å². The highest BCUT2D eigenvalue weighted by molar-refractivity contribution is 9.11. The minimum atomic E-state index is 0.477. The highest BCUT2D eigenvalue weighted by atomic mass is 79.9. The number of hydrazone groups is 1. The first kappa shape index (κ1) is 23.6. The van der Waals surface area contributed by atoms with Gasteiger partial charge in [-0.15, -0.1) is 0 Å². The number of benzene rings is 3. The maximum absolute atomic E-state index is 5.98. The number of hydrogen-bond acceptors (Lipinski definition) is 5. The van der Waals surface area contributed by atoms with E-state index >= 15 is 0 Å². The monoisotopic (exact) mass is 610 g/mol. The molecule has 3 aromatic rings. The summed E-state index contributed by atoms with van der Waals surface area (Å²) in [5, 5.41) is 4.31. The second-order valence-electron chi connectivity index (χ2n) is 6.51. The van der Waals surface area contributed by atoms with Gasteiger partial charge in [0, 0.05) is 4.47 Å². The molecule has 31 heavy (non-hydrogen) atoms. The van der Waals surface area contributed by atoms with Gasteiger partial charge in [0.1, 0.15) is 12.4 Å². The van der Waals surface area contributed by atoms with Gasteiger partial charge in [0.25, 0.3) is 0 Å². The first-order chi connectivity index (χ1) is 15.0. The van der Waals surface area contributed by atoms with Crippen LogP contribution in [0, 0.1) is 0 Å². The van der Waals surface area contributed by atoms with Crippen LogP contribution in [-0.4, -0.2) is 20.4 Å². The molecule has 162 valence electrons. The van der Waals surface area contributed by atoms with Crippen molar-refractivity contribution in [2.45, 2.75) is 13.2 Å². The van der Waals surface area contributed by atoms with E-state index in [0.29, 0.717) is 24.7 Å². The summed E-state index contributed by atoms with van der Waals surface area (Å²) in [6.45, 7) is 1.04. The van der Waals surface area contributed by atoms with Gasteiger partial charge >= 0.3 is 0 Å². The van der Waals surface area contributed by atoms with Crippen LogP contribution in [0.4, 0.5) is 0 Å². The summed E-state index contributed by atoms with van der Waals surface area (Å²) < 4.78 is 19.3.